The maximum Gasteiger partial charge on any atom is 0.145 e. The van der Waals surface area contributed by atoms with Gasteiger partial charge in [0.2, 0.25) is 0 Å². The number of morpholine rings is 1. The van der Waals surface area contributed by atoms with Crippen LogP contribution < -0.4 is 10.1 Å². The number of pyridine rings is 1. The van der Waals surface area contributed by atoms with Crippen LogP contribution in [0.15, 0.2) is 42.7 Å². The van der Waals surface area contributed by atoms with Crippen LogP contribution in [0.1, 0.15) is 24.0 Å². The molecule has 0 unspecified atom stereocenters. The minimum atomic E-state index is 0.679. The van der Waals surface area contributed by atoms with Crippen LogP contribution in [-0.2, 0) is 17.7 Å². The van der Waals surface area contributed by atoms with E-state index in [-0.39, 0.29) is 0 Å². The zero-order valence-corrected chi connectivity index (χ0v) is 15.2. The lowest BCUT2D eigenvalue weighted by molar-refractivity contribution is 0.0384. The lowest BCUT2D eigenvalue weighted by atomic mass is 10.1. The second-order valence-corrected chi connectivity index (χ2v) is 7.09. The van der Waals surface area contributed by atoms with E-state index in [9.17, 15) is 0 Å². The standard InChI is InChI=1S/C21H27N3O2/c1-2-20(16-22-8-1)26-21-6-3-17(7-9-24-10-12-25-13-11-24)14-18(21)15-23-19-4-5-19/h1-3,6,8,14,16,19,23H,4-5,7,9-13,15H2. The number of benzene rings is 1. The van der Waals surface area contributed by atoms with Crippen LogP contribution >= 0.6 is 0 Å². The Balaban J connectivity index is 1.44. The van der Waals surface area contributed by atoms with Crippen molar-refractivity contribution in [1.29, 1.82) is 0 Å². The van der Waals surface area contributed by atoms with E-state index in [0.29, 0.717) is 6.04 Å². The summed E-state index contributed by atoms with van der Waals surface area (Å²) in [6.45, 7) is 5.73. The minimum Gasteiger partial charge on any atom is -0.455 e. The number of nitrogens with zero attached hydrogens (tertiary/aromatic N) is 2. The van der Waals surface area contributed by atoms with E-state index in [1.165, 1.54) is 24.0 Å². The van der Waals surface area contributed by atoms with Crippen LogP contribution in [0.2, 0.25) is 0 Å². The molecule has 2 aromatic rings. The summed E-state index contributed by atoms with van der Waals surface area (Å²) < 4.78 is 11.5. The van der Waals surface area contributed by atoms with Crippen LogP contribution in [0.5, 0.6) is 11.5 Å². The number of ether oxygens (including phenoxy) is 2. The molecule has 1 aliphatic heterocycles. The highest BCUT2D eigenvalue weighted by Crippen LogP contribution is 2.27. The van der Waals surface area contributed by atoms with Gasteiger partial charge in [0.05, 0.1) is 19.4 Å². The molecule has 2 aliphatic rings. The van der Waals surface area contributed by atoms with Crippen molar-refractivity contribution in [1.82, 2.24) is 15.2 Å². The molecule has 1 aromatic carbocycles. The molecule has 1 aromatic heterocycles. The Hall–Kier alpha value is -1.95. The Bertz CT molecular complexity index is 698. The molecule has 4 rings (SSSR count). The SMILES string of the molecule is c1cncc(Oc2ccc(CCN3CCOCC3)cc2CNC2CC2)c1. The first kappa shape index (κ1) is 17.5. The van der Waals surface area contributed by atoms with E-state index >= 15 is 0 Å². The highest BCUT2D eigenvalue weighted by molar-refractivity contribution is 5.40. The number of hydrogen-bond donors (Lipinski definition) is 1. The van der Waals surface area contributed by atoms with E-state index in [1.54, 1.807) is 12.4 Å². The largest absolute Gasteiger partial charge is 0.455 e. The van der Waals surface area contributed by atoms with Crippen molar-refractivity contribution in [3.8, 4) is 11.5 Å². The lowest BCUT2D eigenvalue weighted by Crippen LogP contribution is -2.37. The smallest absolute Gasteiger partial charge is 0.145 e. The van der Waals surface area contributed by atoms with E-state index in [4.69, 9.17) is 9.47 Å². The Morgan fingerprint density at radius 3 is 2.85 bits per heavy atom. The van der Waals surface area contributed by atoms with Crippen molar-refractivity contribution in [2.45, 2.75) is 31.8 Å². The van der Waals surface area contributed by atoms with Gasteiger partial charge in [-0.25, -0.2) is 0 Å². The van der Waals surface area contributed by atoms with E-state index in [1.807, 2.05) is 12.1 Å². The Morgan fingerprint density at radius 1 is 1.19 bits per heavy atom. The number of rotatable bonds is 8. The summed E-state index contributed by atoms with van der Waals surface area (Å²) >= 11 is 0. The predicted molar refractivity (Wildman–Crippen MR) is 102 cm³/mol. The third-order valence-electron chi connectivity index (χ3n) is 4.97. The van der Waals surface area contributed by atoms with Crippen LogP contribution in [0.3, 0.4) is 0 Å². The fourth-order valence-corrected chi connectivity index (χ4v) is 3.21. The topological polar surface area (TPSA) is 46.6 Å². The first-order valence-electron chi connectivity index (χ1n) is 9.60. The Labute approximate surface area is 155 Å². The molecule has 0 atom stereocenters. The second-order valence-electron chi connectivity index (χ2n) is 7.09. The van der Waals surface area contributed by atoms with Crippen molar-refractivity contribution in [2.75, 3.05) is 32.8 Å². The quantitative estimate of drug-likeness (QED) is 0.790. The third kappa shape index (κ3) is 5.04. The molecule has 138 valence electrons. The molecule has 1 saturated carbocycles. The van der Waals surface area contributed by atoms with Crippen LogP contribution in [0, 0.1) is 0 Å². The highest BCUT2D eigenvalue weighted by Gasteiger charge is 2.21. The molecule has 0 bridgehead atoms. The second kappa shape index (κ2) is 8.62. The van der Waals surface area contributed by atoms with Gasteiger partial charge in [-0.2, -0.15) is 0 Å². The van der Waals surface area contributed by atoms with E-state index in [2.05, 4.69) is 33.4 Å². The fourth-order valence-electron chi connectivity index (χ4n) is 3.21. The first-order valence-corrected chi connectivity index (χ1v) is 9.60. The summed E-state index contributed by atoms with van der Waals surface area (Å²) in [7, 11) is 0. The molecule has 0 spiro atoms. The summed E-state index contributed by atoms with van der Waals surface area (Å²) in [5, 5.41) is 3.61. The van der Waals surface area contributed by atoms with E-state index in [0.717, 1.165) is 57.3 Å². The van der Waals surface area contributed by atoms with Gasteiger partial charge in [0.25, 0.3) is 0 Å². The van der Waals surface area contributed by atoms with Gasteiger partial charge >= 0.3 is 0 Å². The van der Waals surface area contributed by atoms with Gasteiger partial charge in [0.15, 0.2) is 0 Å². The van der Waals surface area contributed by atoms with Gasteiger partial charge in [0.1, 0.15) is 11.5 Å². The molecule has 1 saturated heterocycles. The average molecular weight is 353 g/mol. The normalized spacial score (nSPS) is 18.0. The molecule has 5 heteroatoms. The number of aromatic nitrogens is 1. The van der Waals surface area contributed by atoms with Crippen LogP contribution in [-0.4, -0.2) is 48.8 Å². The maximum atomic E-state index is 6.08. The highest BCUT2D eigenvalue weighted by atomic mass is 16.5. The molecular formula is C21H27N3O2. The average Bonchev–Trinajstić information content (AvgIpc) is 3.52. The molecule has 2 heterocycles. The van der Waals surface area contributed by atoms with Crippen molar-refractivity contribution in [3.63, 3.8) is 0 Å². The molecular weight excluding hydrogens is 326 g/mol. The molecule has 26 heavy (non-hydrogen) atoms. The van der Waals surface area contributed by atoms with Gasteiger partial charge < -0.3 is 14.8 Å². The van der Waals surface area contributed by atoms with Crippen LogP contribution in [0.25, 0.3) is 0 Å². The monoisotopic (exact) mass is 353 g/mol. The molecule has 2 fully saturated rings. The van der Waals surface area contributed by atoms with Crippen LogP contribution in [0.4, 0.5) is 0 Å². The summed E-state index contributed by atoms with van der Waals surface area (Å²) in [6.07, 6.45) is 7.15. The van der Waals surface area contributed by atoms with Gasteiger partial charge in [-0.1, -0.05) is 12.1 Å². The zero-order valence-electron chi connectivity index (χ0n) is 15.2. The number of hydrogen-bond acceptors (Lipinski definition) is 5. The number of nitrogens with one attached hydrogen (secondary N) is 1. The van der Waals surface area contributed by atoms with Crippen molar-refractivity contribution < 1.29 is 9.47 Å². The summed E-state index contributed by atoms with van der Waals surface area (Å²) in [5.41, 5.74) is 2.59. The van der Waals surface area contributed by atoms with Crippen molar-refractivity contribution >= 4 is 0 Å². The van der Waals surface area contributed by atoms with Gasteiger partial charge in [0, 0.05) is 44.0 Å². The molecule has 1 aliphatic carbocycles. The minimum absolute atomic E-state index is 0.679. The Kier molecular flexibility index (Phi) is 5.79. The lowest BCUT2D eigenvalue weighted by Gasteiger charge is -2.26. The van der Waals surface area contributed by atoms with Gasteiger partial charge in [-0.05, 0) is 43.0 Å². The van der Waals surface area contributed by atoms with Crippen molar-refractivity contribution in [3.05, 3.63) is 53.9 Å². The van der Waals surface area contributed by atoms with Gasteiger partial charge in [-0.3, -0.25) is 9.88 Å². The third-order valence-corrected chi connectivity index (χ3v) is 4.97. The van der Waals surface area contributed by atoms with Gasteiger partial charge in [-0.15, -0.1) is 0 Å². The molecule has 0 radical (unpaired) electrons. The predicted octanol–water partition coefficient (Wildman–Crippen LogP) is 3.00. The Morgan fingerprint density at radius 2 is 2.08 bits per heavy atom. The summed E-state index contributed by atoms with van der Waals surface area (Å²) in [5.74, 6) is 1.70. The summed E-state index contributed by atoms with van der Waals surface area (Å²) in [4.78, 5) is 6.61. The first-order chi connectivity index (χ1) is 12.9. The van der Waals surface area contributed by atoms with E-state index < -0.39 is 0 Å². The zero-order chi connectivity index (χ0) is 17.6. The molecule has 0 amide bonds. The summed E-state index contributed by atoms with van der Waals surface area (Å²) in [6, 6.07) is 11.1. The molecule has 5 nitrogen and oxygen atoms in total. The fraction of sp³-hybridized carbons (Fsp3) is 0.476. The molecule has 1 N–H and O–H groups in total. The van der Waals surface area contributed by atoms with Crippen molar-refractivity contribution in [2.24, 2.45) is 0 Å². The maximum absolute atomic E-state index is 6.08.